The molecule has 0 fully saturated rings. The van der Waals surface area contributed by atoms with Crippen LogP contribution in [0.2, 0.25) is 0 Å². The maximum atomic E-state index is 8.92. The number of nitriles is 1. The van der Waals surface area contributed by atoms with E-state index in [0.717, 1.165) is 22.0 Å². The summed E-state index contributed by atoms with van der Waals surface area (Å²) in [6.07, 6.45) is 1.01. The van der Waals surface area contributed by atoms with Crippen LogP contribution in [0.5, 0.6) is 0 Å². The van der Waals surface area contributed by atoms with Gasteiger partial charge < -0.3 is 0 Å². The van der Waals surface area contributed by atoms with E-state index in [1.807, 2.05) is 24.3 Å². The summed E-state index contributed by atoms with van der Waals surface area (Å²) >= 11 is 3.56. The average molecular weight is 286 g/mol. The quantitative estimate of drug-likeness (QED) is 0.794. The molecule has 0 amide bonds. The Kier molecular flexibility index (Phi) is 3.61. The first-order valence-electron chi connectivity index (χ1n) is 5.53. The van der Waals surface area contributed by atoms with Gasteiger partial charge in [-0.15, -0.1) is 0 Å². The Bertz CT molecular complexity index is 582. The van der Waals surface area contributed by atoms with Gasteiger partial charge in [-0.25, -0.2) is 0 Å². The minimum absolute atomic E-state index is 0.691. The highest BCUT2D eigenvalue weighted by Crippen LogP contribution is 2.29. The van der Waals surface area contributed by atoms with Crippen molar-refractivity contribution in [3.05, 3.63) is 58.1 Å². The molecule has 0 bridgehead atoms. The number of hydrogen-bond acceptors (Lipinski definition) is 1. The molecule has 0 unspecified atom stereocenters. The van der Waals surface area contributed by atoms with E-state index in [1.54, 1.807) is 0 Å². The lowest BCUT2D eigenvalue weighted by molar-refractivity contribution is 1.14. The molecule has 0 saturated carbocycles. The summed E-state index contributed by atoms with van der Waals surface area (Å²) in [6.45, 7) is 2.14. The van der Waals surface area contributed by atoms with Crippen LogP contribution in [-0.2, 0) is 6.42 Å². The second-order valence-electron chi connectivity index (χ2n) is 3.86. The lowest BCUT2D eigenvalue weighted by atomic mass is 10.0. The maximum absolute atomic E-state index is 8.92. The molecule has 2 aromatic rings. The molecular weight excluding hydrogens is 274 g/mol. The third kappa shape index (κ3) is 2.57. The minimum atomic E-state index is 0.691. The number of halogens is 1. The second-order valence-corrected chi connectivity index (χ2v) is 4.71. The third-order valence-electron chi connectivity index (χ3n) is 2.74. The zero-order valence-electron chi connectivity index (χ0n) is 9.57. The topological polar surface area (TPSA) is 23.8 Å². The van der Waals surface area contributed by atoms with E-state index in [0.29, 0.717) is 5.56 Å². The molecule has 2 rings (SSSR count). The monoisotopic (exact) mass is 285 g/mol. The lowest BCUT2D eigenvalue weighted by Gasteiger charge is -2.07. The third-order valence-corrected chi connectivity index (χ3v) is 3.43. The zero-order chi connectivity index (χ0) is 12.3. The number of nitrogens with zero attached hydrogens (tertiary/aromatic N) is 1. The maximum Gasteiger partial charge on any atom is 0.0991 e. The van der Waals surface area contributed by atoms with E-state index in [2.05, 4.69) is 47.1 Å². The fourth-order valence-electron chi connectivity index (χ4n) is 1.77. The van der Waals surface area contributed by atoms with Gasteiger partial charge in [0.1, 0.15) is 0 Å². The lowest BCUT2D eigenvalue weighted by Crippen LogP contribution is -1.86. The first kappa shape index (κ1) is 11.9. The normalized spacial score (nSPS) is 9.94. The van der Waals surface area contributed by atoms with E-state index in [-0.39, 0.29) is 0 Å². The van der Waals surface area contributed by atoms with E-state index in [9.17, 15) is 0 Å². The minimum Gasteiger partial charge on any atom is -0.192 e. The summed E-state index contributed by atoms with van der Waals surface area (Å²) in [5.41, 5.74) is 4.20. The van der Waals surface area contributed by atoms with Crippen LogP contribution in [0.3, 0.4) is 0 Å². The molecule has 0 aliphatic carbocycles. The van der Waals surface area contributed by atoms with Crippen molar-refractivity contribution in [2.45, 2.75) is 13.3 Å². The summed E-state index contributed by atoms with van der Waals surface area (Å²) in [4.78, 5) is 0. The number of benzene rings is 2. The SMILES string of the molecule is CCc1ccc(Br)c(-c2cccc(C#N)c2)c1. The molecule has 2 aromatic carbocycles. The van der Waals surface area contributed by atoms with Crippen LogP contribution in [0.15, 0.2) is 46.9 Å². The Labute approximate surface area is 110 Å². The summed E-state index contributed by atoms with van der Waals surface area (Å²) in [5, 5.41) is 8.92. The fourth-order valence-corrected chi connectivity index (χ4v) is 2.25. The predicted octanol–water partition coefficient (Wildman–Crippen LogP) is 4.55. The molecule has 0 heterocycles. The van der Waals surface area contributed by atoms with Crippen LogP contribution >= 0.6 is 15.9 Å². The molecular formula is C15H12BrN. The highest BCUT2D eigenvalue weighted by molar-refractivity contribution is 9.10. The first-order valence-corrected chi connectivity index (χ1v) is 6.33. The van der Waals surface area contributed by atoms with Gasteiger partial charge in [0, 0.05) is 4.47 Å². The molecule has 17 heavy (non-hydrogen) atoms. The molecule has 2 heteroatoms. The largest absolute Gasteiger partial charge is 0.192 e. The van der Waals surface area contributed by atoms with Crippen molar-refractivity contribution in [2.75, 3.05) is 0 Å². The standard InChI is InChI=1S/C15H12BrN/c1-2-11-6-7-15(16)14(9-11)13-5-3-4-12(8-13)10-17/h3-9H,2H2,1H3. The molecule has 0 spiro atoms. The molecule has 1 nitrogen and oxygen atoms in total. The second kappa shape index (κ2) is 5.16. The Morgan fingerprint density at radius 1 is 1.18 bits per heavy atom. The Morgan fingerprint density at radius 2 is 2.00 bits per heavy atom. The molecule has 0 aromatic heterocycles. The summed E-state index contributed by atoms with van der Waals surface area (Å²) in [5.74, 6) is 0. The number of rotatable bonds is 2. The van der Waals surface area contributed by atoms with E-state index in [1.165, 1.54) is 5.56 Å². The van der Waals surface area contributed by atoms with Gasteiger partial charge in [0.15, 0.2) is 0 Å². The van der Waals surface area contributed by atoms with Gasteiger partial charge in [0.05, 0.1) is 11.6 Å². The molecule has 0 saturated heterocycles. The van der Waals surface area contributed by atoms with Crippen LogP contribution < -0.4 is 0 Å². The van der Waals surface area contributed by atoms with E-state index >= 15 is 0 Å². The van der Waals surface area contributed by atoms with Crippen LogP contribution in [0.1, 0.15) is 18.1 Å². The number of aryl methyl sites for hydroxylation is 1. The van der Waals surface area contributed by atoms with Crippen molar-refractivity contribution >= 4 is 15.9 Å². The van der Waals surface area contributed by atoms with Gasteiger partial charge in [-0.3, -0.25) is 0 Å². The van der Waals surface area contributed by atoms with Crippen molar-refractivity contribution < 1.29 is 0 Å². The highest BCUT2D eigenvalue weighted by Gasteiger charge is 2.04. The van der Waals surface area contributed by atoms with Crippen molar-refractivity contribution in [2.24, 2.45) is 0 Å². The molecule has 0 aliphatic heterocycles. The summed E-state index contributed by atoms with van der Waals surface area (Å²) in [6, 6.07) is 16.2. The van der Waals surface area contributed by atoms with Crippen LogP contribution in [0.25, 0.3) is 11.1 Å². The Hall–Kier alpha value is -1.59. The van der Waals surface area contributed by atoms with Crippen LogP contribution in [-0.4, -0.2) is 0 Å². The van der Waals surface area contributed by atoms with Crippen molar-refractivity contribution in [1.82, 2.24) is 0 Å². The molecule has 0 atom stereocenters. The fraction of sp³-hybridized carbons (Fsp3) is 0.133. The predicted molar refractivity (Wildman–Crippen MR) is 73.7 cm³/mol. The van der Waals surface area contributed by atoms with Crippen molar-refractivity contribution in [1.29, 1.82) is 5.26 Å². The molecule has 0 radical (unpaired) electrons. The Balaban J connectivity index is 2.55. The smallest absolute Gasteiger partial charge is 0.0991 e. The van der Waals surface area contributed by atoms with E-state index < -0.39 is 0 Å². The zero-order valence-corrected chi connectivity index (χ0v) is 11.2. The molecule has 0 aliphatic rings. The molecule has 0 N–H and O–H groups in total. The van der Waals surface area contributed by atoms with E-state index in [4.69, 9.17) is 5.26 Å². The Morgan fingerprint density at radius 3 is 2.71 bits per heavy atom. The van der Waals surface area contributed by atoms with Gasteiger partial charge in [0.25, 0.3) is 0 Å². The van der Waals surface area contributed by atoms with Crippen LogP contribution in [0, 0.1) is 11.3 Å². The van der Waals surface area contributed by atoms with Gasteiger partial charge in [0.2, 0.25) is 0 Å². The van der Waals surface area contributed by atoms with Gasteiger partial charge in [-0.1, -0.05) is 47.1 Å². The number of hydrogen-bond donors (Lipinski definition) is 0. The summed E-state index contributed by atoms with van der Waals surface area (Å²) in [7, 11) is 0. The van der Waals surface area contributed by atoms with Gasteiger partial charge in [-0.2, -0.15) is 5.26 Å². The molecule has 84 valence electrons. The highest BCUT2D eigenvalue weighted by atomic mass is 79.9. The van der Waals surface area contributed by atoms with Crippen molar-refractivity contribution in [3.63, 3.8) is 0 Å². The average Bonchev–Trinajstić information content (AvgIpc) is 2.39. The first-order chi connectivity index (χ1) is 8.24. The summed E-state index contributed by atoms with van der Waals surface area (Å²) < 4.78 is 1.06. The van der Waals surface area contributed by atoms with Crippen LogP contribution in [0.4, 0.5) is 0 Å². The van der Waals surface area contributed by atoms with Gasteiger partial charge in [-0.05, 0) is 41.3 Å². The van der Waals surface area contributed by atoms with Crippen molar-refractivity contribution in [3.8, 4) is 17.2 Å². The van der Waals surface area contributed by atoms with Gasteiger partial charge >= 0.3 is 0 Å².